The van der Waals surface area contributed by atoms with Crippen LogP contribution < -0.4 is 5.32 Å². The molecule has 2 N–H and O–H groups in total. The molecule has 1 aromatic heterocycles. The van der Waals surface area contributed by atoms with E-state index in [0.717, 1.165) is 30.1 Å². The third-order valence-electron chi connectivity index (χ3n) is 3.84. The molecule has 94 valence electrons. The highest BCUT2D eigenvalue weighted by molar-refractivity contribution is 5.45. The molecule has 1 heterocycles. The Labute approximate surface area is 103 Å². The summed E-state index contributed by atoms with van der Waals surface area (Å²) in [7, 11) is 0. The van der Waals surface area contributed by atoms with Gasteiger partial charge in [-0.1, -0.05) is 6.92 Å². The summed E-state index contributed by atoms with van der Waals surface area (Å²) >= 11 is 0. The quantitative estimate of drug-likeness (QED) is 0.845. The first kappa shape index (κ1) is 12.4. The molecule has 0 radical (unpaired) electrons. The molecule has 2 rings (SSSR count). The largest absolute Gasteiger partial charge is 0.394 e. The Bertz CT molecular complexity index is 370. The van der Waals surface area contributed by atoms with Crippen molar-refractivity contribution in [1.29, 1.82) is 0 Å². The third-order valence-corrected chi connectivity index (χ3v) is 3.84. The van der Waals surface area contributed by atoms with E-state index in [2.05, 4.69) is 17.2 Å². The number of hydrogen-bond acceptors (Lipinski definition) is 3. The number of aliphatic hydroxyl groups excluding tert-OH is 1. The molecular weight excluding hydrogens is 212 g/mol. The maximum absolute atomic E-state index is 9.68. The predicted octanol–water partition coefficient (Wildman–Crippen LogP) is 2.74. The zero-order valence-corrected chi connectivity index (χ0v) is 10.7. The number of nitrogens with zero attached hydrogens (tertiary/aromatic N) is 1. The van der Waals surface area contributed by atoms with Crippen LogP contribution in [0.3, 0.4) is 0 Å². The van der Waals surface area contributed by atoms with Gasteiger partial charge in [0.2, 0.25) is 0 Å². The molecule has 17 heavy (non-hydrogen) atoms. The minimum atomic E-state index is -0.125. The van der Waals surface area contributed by atoms with Gasteiger partial charge in [0.15, 0.2) is 0 Å². The average Bonchev–Trinajstić information content (AvgIpc) is 2.33. The van der Waals surface area contributed by atoms with Crippen molar-refractivity contribution < 1.29 is 5.11 Å². The number of nitrogens with one attached hydrogen (secondary N) is 1. The van der Waals surface area contributed by atoms with E-state index in [9.17, 15) is 5.11 Å². The number of aryl methyl sites for hydroxylation is 1. The van der Waals surface area contributed by atoms with Crippen LogP contribution in [-0.2, 0) is 0 Å². The molecule has 0 aromatic carbocycles. The summed E-state index contributed by atoms with van der Waals surface area (Å²) < 4.78 is 0. The summed E-state index contributed by atoms with van der Waals surface area (Å²) in [6.45, 7) is 4.48. The van der Waals surface area contributed by atoms with Gasteiger partial charge in [-0.25, -0.2) is 0 Å². The molecule has 3 heteroatoms. The summed E-state index contributed by atoms with van der Waals surface area (Å²) in [6.07, 6.45) is 6.29. The van der Waals surface area contributed by atoms with Crippen LogP contribution in [0.15, 0.2) is 18.3 Å². The molecule has 1 fully saturated rings. The summed E-state index contributed by atoms with van der Waals surface area (Å²) in [6, 6.07) is 4.01. The molecule has 0 atom stereocenters. The number of rotatable bonds is 3. The van der Waals surface area contributed by atoms with E-state index in [4.69, 9.17) is 0 Å². The lowest BCUT2D eigenvalue weighted by atomic mass is 9.77. The van der Waals surface area contributed by atoms with Gasteiger partial charge < -0.3 is 10.4 Å². The van der Waals surface area contributed by atoms with Crippen LogP contribution in [0.5, 0.6) is 0 Å². The second kappa shape index (κ2) is 5.05. The molecule has 0 bridgehead atoms. The Hall–Kier alpha value is -1.09. The number of anilines is 1. The van der Waals surface area contributed by atoms with Crippen molar-refractivity contribution in [1.82, 2.24) is 4.98 Å². The summed E-state index contributed by atoms with van der Waals surface area (Å²) in [5.41, 5.74) is 1.95. The molecule has 0 spiro atoms. The second-order valence-corrected chi connectivity index (χ2v) is 5.43. The Morgan fingerprint density at radius 1 is 1.47 bits per heavy atom. The van der Waals surface area contributed by atoms with Gasteiger partial charge in [0.05, 0.1) is 12.1 Å². The van der Waals surface area contributed by atoms with Gasteiger partial charge in [0.25, 0.3) is 0 Å². The molecule has 1 saturated carbocycles. The molecule has 0 aliphatic heterocycles. The normalized spacial score (nSPS) is 29.0. The van der Waals surface area contributed by atoms with E-state index in [0.29, 0.717) is 0 Å². The van der Waals surface area contributed by atoms with E-state index in [1.165, 1.54) is 12.8 Å². The maximum atomic E-state index is 9.68. The van der Waals surface area contributed by atoms with Gasteiger partial charge in [-0.15, -0.1) is 0 Å². The van der Waals surface area contributed by atoms with Crippen molar-refractivity contribution in [3.63, 3.8) is 0 Å². The summed E-state index contributed by atoms with van der Waals surface area (Å²) in [4.78, 5) is 4.19. The lowest BCUT2D eigenvalue weighted by molar-refractivity contribution is 0.155. The minimum Gasteiger partial charge on any atom is -0.394 e. The minimum absolute atomic E-state index is 0.125. The standard InChI is InChI=1S/C14H22N2O/c1-11-3-6-14(10-17,7-4-11)16-13-5-8-15-12(2)9-13/h5,8-9,11,17H,3-4,6-7,10H2,1-2H3,(H,15,16). The van der Waals surface area contributed by atoms with Gasteiger partial charge in [-0.2, -0.15) is 0 Å². The number of hydrogen-bond donors (Lipinski definition) is 2. The van der Waals surface area contributed by atoms with Crippen LogP contribution in [0.25, 0.3) is 0 Å². The zero-order valence-electron chi connectivity index (χ0n) is 10.7. The van der Waals surface area contributed by atoms with Gasteiger partial charge in [-0.3, -0.25) is 4.98 Å². The van der Waals surface area contributed by atoms with E-state index >= 15 is 0 Å². The van der Waals surface area contributed by atoms with Crippen molar-refractivity contribution >= 4 is 5.69 Å². The Balaban J connectivity index is 2.09. The first-order valence-corrected chi connectivity index (χ1v) is 6.45. The lowest BCUT2D eigenvalue weighted by Crippen LogP contribution is -2.45. The van der Waals surface area contributed by atoms with Gasteiger partial charge >= 0.3 is 0 Å². The first-order chi connectivity index (χ1) is 8.13. The monoisotopic (exact) mass is 234 g/mol. The smallest absolute Gasteiger partial charge is 0.0661 e. The molecular formula is C14H22N2O. The second-order valence-electron chi connectivity index (χ2n) is 5.43. The van der Waals surface area contributed by atoms with Crippen molar-refractivity contribution in [2.24, 2.45) is 5.92 Å². The number of pyridine rings is 1. The van der Waals surface area contributed by atoms with Crippen molar-refractivity contribution in [3.8, 4) is 0 Å². The molecule has 0 amide bonds. The van der Waals surface area contributed by atoms with Crippen LogP contribution in [-0.4, -0.2) is 22.2 Å². The van der Waals surface area contributed by atoms with Gasteiger partial charge in [0.1, 0.15) is 0 Å². The highest BCUT2D eigenvalue weighted by Gasteiger charge is 2.33. The van der Waals surface area contributed by atoms with Crippen LogP contribution in [0.2, 0.25) is 0 Å². The number of aromatic nitrogens is 1. The van der Waals surface area contributed by atoms with E-state index < -0.39 is 0 Å². The molecule has 1 aromatic rings. The predicted molar refractivity (Wildman–Crippen MR) is 70.0 cm³/mol. The lowest BCUT2D eigenvalue weighted by Gasteiger charge is -2.39. The van der Waals surface area contributed by atoms with Crippen LogP contribution in [0.4, 0.5) is 5.69 Å². The topological polar surface area (TPSA) is 45.1 Å². The molecule has 3 nitrogen and oxygen atoms in total. The van der Waals surface area contributed by atoms with Gasteiger partial charge in [0, 0.05) is 17.6 Å². The Morgan fingerprint density at radius 3 is 2.76 bits per heavy atom. The van der Waals surface area contributed by atoms with Gasteiger partial charge in [-0.05, 0) is 50.7 Å². The van der Waals surface area contributed by atoms with E-state index in [1.807, 2.05) is 25.3 Å². The Kier molecular flexibility index (Phi) is 3.67. The highest BCUT2D eigenvalue weighted by atomic mass is 16.3. The maximum Gasteiger partial charge on any atom is 0.0661 e. The SMILES string of the molecule is Cc1cc(NC2(CO)CCC(C)CC2)ccn1. The fourth-order valence-electron chi connectivity index (χ4n) is 2.57. The Morgan fingerprint density at radius 2 is 2.18 bits per heavy atom. The fraction of sp³-hybridized carbons (Fsp3) is 0.643. The average molecular weight is 234 g/mol. The van der Waals surface area contributed by atoms with Crippen molar-refractivity contribution in [2.45, 2.75) is 45.1 Å². The van der Waals surface area contributed by atoms with Crippen molar-refractivity contribution in [2.75, 3.05) is 11.9 Å². The summed E-state index contributed by atoms with van der Waals surface area (Å²) in [5, 5.41) is 13.2. The van der Waals surface area contributed by atoms with Crippen LogP contribution in [0.1, 0.15) is 38.3 Å². The van der Waals surface area contributed by atoms with Crippen LogP contribution in [0, 0.1) is 12.8 Å². The number of aliphatic hydroxyl groups is 1. The van der Waals surface area contributed by atoms with E-state index in [1.54, 1.807) is 0 Å². The molecule has 0 saturated heterocycles. The zero-order chi connectivity index (χ0) is 12.3. The first-order valence-electron chi connectivity index (χ1n) is 6.45. The highest BCUT2D eigenvalue weighted by Crippen LogP contribution is 2.34. The molecule has 1 aliphatic carbocycles. The third kappa shape index (κ3) is 2.97. The molecule has 0 unspecified atom stereocenters. The van der Waals surface area contributed by atoms with Crippen LogP contribution >= 0.6 is 0 Å². The summed E-state index contributed by atoms with van der Waals surface area (Å²) in [5.74, 6) is 0.788. The van der Waals surface area contributed by atoms with Crippen molar-refractivity contribution in [3.05, 3.63) is 24.0 Å². The molecule has 1 aliphatic rings. The van der Waals surface area contributed by atoms with E-state index in [-0.39, 0.29) is 12.1 Å². The fourth-order valence-corrected chi connectivity index (χ4v) is 2.57.